The van der Waals surface area contributed by atoms with E-state index in [9.17, 15) is 10.1 Å². The first kappa shape index (κ1) is 9.67. The van der Waals surface area contributed by atoms with Gasteiger partial charge in [0.25, 0.3) is 5.69 Å². The summed E-state index contributed by atoms with van der Waals surface area (Å²) in [5.41, 5.74) is 0.558. The summed E-state index contributed by atoms with van der Waals surface area (Å²) in [4.78, 5) is 10.0. The summed E-state index contributed by atoms with van der Waals surface area (Å²) in [6.07, 6.45) is -0.272. The number of rotatable bonds is 3. The molecule has 0 saturated carbocycles. The summed E-state index contributed by atoms with van der Waals surface area (Å²) in [5, 5.41) is 19.6. The number of hydrogen-bond acceptors (Lipinski definition) is 3. The lowest BCUT2D eigenvalue weighted by Gasteiger charge is -2.03. The van der Waals surface area contributed by atoms with Crippen LogP contribution in [-0.2, 0) is 6.42 Å². The Kier molecular flexibility index (Phi) is 2.97. The van der Waals surface area contributed by atoms with E-state index >= 15 is 0 Å². The predicted molar refractivity (Wildman–Crippen MR) is 47.3 cm³/mol. The average molecular weight is 180 g/mol. The van der Waals surface area contributed by atoms with Crippen molar-refractivity contribution < 1.29 is 10.0 Å². The highest BCUT2D eigenvalue weighted by Crippen LogP contribution is 2.18. The predicted octanol–water partition coefficient (Wildman–Crippen LogP) is 1.32. The van der Waals surface area contributed by atoms with Gasteiger partial charge >= 0.3 is 0 Å². The third-order valence-electron chi connectivity index (χ3n) is 1.64. The van der Waals surface area contributed by atoms with Gasteiger partial charge in [-0.05, 0) is 13.0 Å². The maximum atomic E-state index is 10.5. The molecule has 1 atom stereocenters. The van der Waals surface area contributed by atoms with Gasteiger partial charge in [0.2, 0.25) is 0 Å². The number of nitro groups is 1. The van der Waals surface area contributed by atoms with Gasteiger partial charge in [-0.15, -0.1) is 0 Å². The van der Waals surface area contributed by atoms with Gasteiger partial charge in [0, 0.05) is 18.1 Å². The van der Waals surface area contributed by atoms with Crippen molar-refractivity contribution in [1.29, 1.82) is 0 Å². The van der Waals surface area contributed by atoms with Crippen LogP contribution in [0.4, 0.5) is 5.69 Å². The second-order valence-corrected chi connectivity index (χ2v) is 2.87. The molecule has 0 heterocycles. The minimum Gasteiger partial charge on any atom is -0.393 e. The van der Waals surface area contributed by atoms with Gasteiger partial charge in [0.05, 0.1) is 11.0 Å². The SMILES string of the molecule is CC(O)Cc1cc[c]cc1[N+](=O)[O-]. The van der Waals surface area contributed by atoms with E-state index < -0.39 is 11.0 Å². The monoisotopic (exact) mass is 180 g/mol. The fourth-order valence-corrected chi connectivity index (χ4v) is 1.11. The van der Waals surface area contributed by atoms with E-state index in [1.165, 1.54) is 6.07 Å². The van der Waals surface area contributed by atoms with Crippen LogP contribution in [0, 0.1) is 16.2 Å². The molecule has 0 spiro atoms. The molecule has 1 aromatic rings. The van der Waals surface area contributed by atoms with Gasteiger partial charge in [0.15, 0.2) is 0 Å². The van der Waals surface area contributed by atoms with Gasteiger partial charge < -0.3 is 5.11 Å². The van der Waals surface area contributed by atoms with Crippen molar-refractivity contribution in [2.24, 2.45) is 0 Å². The standard InChI is InChI=1S/C9H10NO3/c1-7(11)6-8-4-2-3-5-9(8)10(12)13/h2,4-5,7,11H,6H2,1H3. The Bertz CT molecular complexity index is 309. The van der Waals surface area contributed by atoms with Crippen LogP contribution in [0.2, 0.25) is 0 Å². The first-order valence-electron chi connectivity index (χ1n) is 3.92. The Morgan fingerprint density at radius 2 is 2.46 bits per heavy atom. The van der Waals surface area contributed by atoms with Gasteiger partial charge in [0.1, 0.15) is 0 Å². The third kappa shape index (κ3) is 2.52. The molecule has 0 aliphatic heterocycles. The first-order chi connectivity index (χ1) is 6.11. The Morgan fingerprint density at radius 1 is 1.77 bits per heavy atom. The van der Waals surface area contributed by atoms with E-state index in [0.29, 0.717) is 12.0 Å². The van der Waals surface area contributed by atoms with E-state index in [4.69, 9.17) is 5.11 Å². The van der Waals surface area contributed by atoms with E-state index in [-0.39, 0.29) is 5.69 Å². The quantitative estimate of drug-likeness (QED) is 0.563. The van der Waals surface area contributed by atoms with E-state index in [2.05, 4.69) is 6.07 Å². The van der Waals surface area contributed by atoms with E-state index in [0.717, 1.165) is 0 Å². The Labute approximate surface area is 76.0 Å². The summed E-state index contributed by atoms with van der Waals surface area (Å²) < 4.78 is 0. The molecule has 0 saturated heterocycles. The molecule has 0 fully saturated rings. The smallest absolute Gasteiger partial charge is 0.273 e. The highest BCUT2D eigenvalue weighted by Gasteiger charge is 2.13. The summed E-state index contributed by atoms with van der Waals surface area (Å²) in [5.74, 6) is 0. The van der Waals surface area contributed by atoms with Gasteiger partial charge in [-0.1, -0.05) is 12.1 Å². The minimum atomic E-state index is -0.568. The van der Waals surface area contributed by atoms with Crippen molar-refractivity contribution >= 4 is 5.69 Å². The van der Waals surface area contributed by atoms with Crippen molar-refractivity contribution in [1.82, 2.24) is 0 Å². The number of nitro benzene ring substituents is 1. The lowest BCUT2D eigenvalue weighted by molar-refractivity contribution is -0.385. The normalized spacial score (nSPS) is 12.5. The van der Waals surface area contributed by atoms with Crippen molar-refractivity contribution in [3.05, 3.63) is 39.9 Å². The molecule has 4 nitrogen and oxygen atoms in total. The number of aliphatic hydroxyl groups is 1. The van der Waals surface area contributed by atoms with E-state index in [1.54, 1.807) is 19.1 Å². The molecule has 0 bridgehead atoms. The maximum absolute atomic E-state index is 10.5. The van der Waals surface area contributed by atoms with Crippen LogP contribution in [0.3, 0.4) is 0 Å². The topological polar surface area (TPSA) is 63.4 Å². The number of aliphatic hydroxyl groups excluding tert-OH is 1. The van der Waals surface area contributed by atoms with Crippen LogP contribution < -0.4 is 0 Å². The number of hydrogen-bond donors (Lipinski definition) is 1. The summed E-state index contributed by atoms with van der Waals surface area (Å²) in [6.45, 7) is 1.60. The second-order valence-electron chi connectivity index (χ2n) is 2.87. The van der Waals surface area contributed by atoms with Crippen molar-refractivity contribution in [2.45, 2.75) is 19.4 Å². The number of nitrogens with zero attached hydrogens (tertiary/aromatic N) is 1. The average Bonchev–Trinajstić information content (AvgIpc) is 2.03. The van der Waals surface area contributed by atoms with Crippen LogP contribution in [0.25, 0.3) is 0 Å². The fourth-order valence-electron chi connectivity index (χ4n) is 1.11. The highest BCUT2D eigenvalue weighted by molar-refractivity contribution is 5.39. The summed E-state index contributed by atoms with van der Waals surface area (Å²) in [7, 11) is 0. The molecular weight excluding hydrogens is 170 g/mol. The molecule has 0 aromatic heterocycles. The van der Waals surface area contributed by atoms with Gasteiger partial charge in [-0.25, -0.2) is 0 Å². The van der Waals surface area contributed by atoms with Crippen LogP contribution in [-0.4, -0.2) is 16.1 Å². The van der Waals surface area contributed by atoms with Crippen molar-refractivity contribution in [2.75, 3.05) is 0 Å². The Morgan fingerprint density at radius 3 is 3.00 bits per heavy atom. The molecule has 1 N–H and O–H groups in total. The molecule has 69 valence electrons. The first-order valence-corrected chi connectivity index (χ1v) is 3.92. The lowest BCUT2D eigenvalue weighted by atomic mass is 10.1. The third-order valence-corrected chi connectivity index (χ3v) is 1.64. The minimum absolute atomic E-state index is 0.0170. The largest absolute Gasteiger partial charge is 0.393 e. The molecule has 1 aromatic carbocycles. The Hall–Kier alpha value is -1.42. The Balaban J connectivity index is 2.98. The molecule has 1 radical (unpaired) electrons. The fraction of sp³-hybridized carbons (Fsp3) is 0.333. The molecular formula is C9H10NO3. The van der Waals surface area contributed by atoms with Crippen LogP contribution in [0.5, 0.6) is 0 Å². The zero-order valence-corrected chi connectivity index (χ0v) is 7.23. The lowest BCUT2D eigenvalue weighted by Crippen LogP contribution is -2.06. The second kappa shape index (κ2) is 4.00. The summed E-state index contributed by atoms with van der Waals surface area (Å²) in [6, 6.07) is 7.15. The zero-order chi connectivity index (χ0) is 9.84. The van der Waals surface area contributed by atoms with Crippen LogP contribution in [0.1, 0.15) is 12.5 Å². The molecule has 1 rings (SSSR count). The van der Waals surface area contributed by atoms with Crippen molar-refractivity contribution in [3.63, 3.8) is 0 Å². The van der Waals surface area contributed by atoms with E-state index in [1.807, 2.05) is 0 Å². The van der Waals surface area contributed by atoms with Gasteiger partial charge in [-0.2, -0.15) is 0 Å². The highest BCUT2D eigenvalue weighted by atomic mass is 16.6. The van der Waals surface area contributed by atoms with Crippen LogP contribution >= 0.6 is 0 Å². The molecule has 4 heteroatoms. The number of benzene rings is 1. The molecule has 0 aliphatic carbocycles. The van der Waals surface area contributed by atoms with Crippen LogP contribution in [0.15, 0.2) is 18.2 Å². The maximum Gasteiger partial charge on any atom is 0.273 e. The molecule has 1 unspecified atom stereocenters. The van der Waals surface area contributed by atoms with Gasteiger partial charge in [-0.3, -0.25) is 10.1 Å². The zero-order valence-electron chi connectivity index (χ0n) is 7.23. The molecule has 0 aliphatic rings. The summed E-state index contributed by atoms with van der Waals surface area (Å²) >= 11 is 0. The van der Waals surface area contributed by atoms with Crippen molar-refractivity contribution in [3.8, 4) is 0 Å². The molecule has 13 heavy (non-hydrogen) atoms. The molecule has 0 amide bonds.